The van der Waals surface area contributed by atoms with Crippen molar-refractivity contribution >= 4 is 55.9 Å². The lowest BCUT2D eigenvalue weighted by Gasteiger charge is -2.22. The molecule has 0 atom stereocenters. The Hall–Kier alpha value is -3.45. The molecule has 2 aliphatic rings. The van der Waals surface area contributed by atoms with Gasteiger partial charge in [0.05, 0.1) is 21.9 Å². The van der Waals surface area contributed by atoms with E-state index in [4.69, 9.17) is 4.74 Å². The third-order valence-electron chi connectivity index (χ3n) is 4.42. The molecule has 0 aliphatic carbocycles. The maximum absolute atomic E-state index is 12.3. The Balaban J connectivity index is 1.41. The van der Waals surface area contributed by atoms with E-state index in [2.05, 4.69) is 9.71 Å². The summed E-state index contributed by atoms with van der Waals surface area (Å²) in [5.41, 5.74) is 0.631. The molecule has 2 aliphatic heterocycles. The molecule has 0 saturated carbocycles. The Bertz CT molecular complexity index is 1240. The number of esters is 1. The van der Waals surface area contributed by atoms with Crippen molar-refractivity contribution in [3.05, 3.63) is 58.1 Å². The van der Waals surface area contributed by atoms with Crippen molar-refractivity contribution < 1.29 is 27.7 Å². The van der Waals surface area contributed by atoms with Gasteiger partial charge < -0.3 is 15.0 Å². The number of amides is 1. The fourth-order valence-electron chi connectivity index (χ4n) is 3.00. The van der Waals surface area contributed by atoms with E-state index in [1.807, 2.05) is 0 Å². The average Bonchev–Trinajstić information content (AvgIpc) is 3.07. The molecule has 11 nitrogen and oxygen atoms in total. The number of hydrogen-bond acceptors (Lipinski definition) is 9. The molecule has 0 fully saturated rings. The van der Waals surface area contributed by atoms with Crippen molar-refractivity contribution in [2.24, 2.45) is 4.40 Å². The lowest BCUT2D eigenvalue weighted by atomic mass is 10.2. The molecule has 2 heterocycles. The Morgan fingerprint density at radius 1 is 1.26 bits per heavy atom. The second-order valence-corrected chi connectivity index (χ2v) is 9.26. The topological polar surface area (TPSA) is 148 Å². The van der Waals surface area contributed by atoms with Crippen LogP contribution in [0.3, 0.4) is 0 Å². The Morgan fingerprint density at radius 2 is 2.03 bits per heavy atom. The third-order valence-corrected chi connectivity index (χ3v) is 6.72. The zero-order valence-electron chi connectivity index (χ0n) is 15.7. The molecule has 0 saturated heterocycles. The predicted octanol–water partition coefficient (Wildman–Crippen LogP) is 2.00. The van der Waals surface area contributed by atoms with E-state index >= 15 is 0 Å². The first-order valence-corrected chi connectivity index (χ1v) is 11.3. The maximum Gasteiger partial charge on any atom is 0.338 e. The van der Waals surface area contributed by atoms with Crippen LogP contribution in [-0.2, 0) is 19.6 Å². The highest BCUT2D eigenvalue weighted by Crippen LogP contribution is 2.42. The molecule has 160 valence electrons. The average molecular weight is 462 g/mol. The second-order valence-electron chi connectivity index (χ2n) is 6.49. The van der Waals surface area contributed by atoms with Crippen LogP contribution in [0.5, 0.6) is 0 Å². The quantitative estimate of drug-likeness (QED) is 0.400. The highest BCUT2D eigenvalue weighted by Gasteiger charge is 2.33. The normalized spacial score (nSPS) is 16.0. The number of nitrogens with one attached hydrogen (secondary N) is 1. The number of amidine groups is 1. The number of hydrogen-bond donors (Lipinski definition) is 1. The molecule has 1 amide bonds. The van der Waals surface area contributed by atoms with Crippen LogP contribution in [0.15, 0.2) is 51.8 Å². The van der Waals surface area contributed by atoms with E-state index < -0.39 is 33.4 Å². The van der Waals surface area contributed by atoms with Gasteiger partial charge in [-0.1, -0.05) is 12.1 Å². The maximum atomic E-state index is 12.3. The number of carbonyl (C=O) groups is 2. The lowest BCUT2D eigenvalue weighted by Crippen LogP contribution is -2.35. The van der Waals surface area contributed by atoms with E-state index in [1.54, 1.807) is 11.0 Å². The van der Waals surface area contributed by atoms with Gasteiger partial charge in [-0.2, -0.15) is 0 Å². The molecular formula is C18H14N4O7S2. The summed E-state index contributed by atoms with van der Waals surface area (Å²) in [6.45, 7) is -0.358. The lowest BCUT2D eigenvalue weighted by molar-refractivity contribution is -0.383. The van der Waals surface area contributed by atoms with Crippen molar-refractivity contribution in [3.63, 3.8) is 0 Å². The van der Waals surface area contributed by atoms with Gasteiger partial charge in [0, 0.05) is 17.5 Å². The SMILES string of the molecule is O=C(COC(=O)c1ccc2c(c1)SC1=NS(=O)(=O)CCN12)Nc1ccccc1[N+](=O)[O-]. The highest BCUT2D eigenvalue weighted by atomic mass is 32.2. The molecule has 0 aromatic heterocycles. The zero-order valence-corrected chi connectivity index (χ0v) is 17.3. The standard InChI is InChI=1S/C18H14N4O7S2/c23-16(19-12-3-1-2-4-13(12)22(25)26)10-29-17(24)11-5-6-14-15(9-11)30-18-20-31(27,28)8-7-21(14)18/h1-6,9H,7-8,10H2,(H,19,23). The van der Waals surface area contributed by atoms with E-state index in [1.165, 1.54) is 36.4 Å². The first-order chi connectivity index (χ1) is 14.7. The fourth-order valence-corrected chi connectivity index (χ4v) is 5.29. The van der Waals surface area contributed by atoms with Crippen LogP contribution in [-0.4, -0.2) is 49.3 Å². The molecule has 4 rings (SSSR count). The summed E-state index contributed by atoms with van der Waals surface area (Å²) in [7, 11) is -3.49. The number of para-hydroxylation sites is 2. The van der Waals surface area contributed by atoms with Crippen LogP contribution in [0.2, 0.25) is 0 Å². The molecule has 1 N–H and O–H groups in total. The zero-order chi connectivity index (χ0) is 22.2. The van der Waals surface area contributed by atoms with Crippen LogP contribution in [0.1, 0.15) is 10.4 Å². The Kier molecular flexibility index (Phi) is 5.37. The highest BCUT2D eigenvalue weighted by molar-refractivity contribution is 8.15. The minimum absolute atomic E-state index is 0.00476. The molecular weight excluding hydrogens is 448 g/mol. The second kappa shape index (κ2) is 8.00. The van der Waals surface area contributed by atoms with Crippen LogP contribution < -0.4 is 10.2 Å². The minimum Gasteiger partial charge on any atom is -0.452 e. The number of carbonyl (C=O) groups excluding carboxylic acids is 2. The van der Waals surface area contributed by atoms with Crippen molar-refractivity contribution in [3.8, 4) is 0 Å². The van der Waals surface area contributed by atoms with Crippen LogP contribution in [0.4, 0.5) is 17.1 Å². The summed E-state index contributed by atoms with van der Waals surface area (Å²) in [4.78, 5) is 37.2. The summed E-state index contributed by atoms with van der Waals surface area (Å²) in [5, 5.41) is 13.7. The molecule has 31 heavy (non-hydrogen) atoms. The number of ether oxygens (including phenoxy) is 1. The molecule has 2 aromatic carbocycles. The van der Waals surface area contributed by atoms with Gasteiger partial charge in [-0.05, 0) is 36.0 Å². The number of nitrogens with zero attached hydrogens (tertiary/aromatic N) is 3. The van der Waals surface area contributed by atoms with Gasteiger partial charge in [0.1, 0.15) is 5.69 Å². The summed E-state index contributed by atoms with van der Waals surface area (Å²) < 4.78 is 32.1. The van der Waals surface area contributed by atoms with Crippen molar-refractivity contribution in [1.82, 2.24) is 0 Å². The van der Waals surface area contributed by atoms with Gasteiger partial charge in [0.25, 0.3) is 21.6 Å². The molecule has 0 bridgehead atoms. The summed E-state index contributed by atoms with van der Waals surface area (Å²) in [6.07, 6.45) is 0. The molecule has 0 unspecified atom stereocenters. The molecule has 2 aromatic rings. The Morgan fingerprint density at radius 3 is 2.81 bits per heavy atom. The van der Waals surface area contributed by atoms with Crippen LogP contribution >= 0.6 is 11.8 Å². The minimum atomic E-state index is -3.49. The number of nitro benzene ring substituents is 1. The van der Waals surface area contributed by atoms with Crippen molar-refractivity contribution in [2.45, 2.75) is 4.90 Å². The van der Waals surface area contributed by atoms with E-state index in [9.17, 15) is 28.1 Å². The van der Waals surface area contributed by atoms with Gasteiger partial charge in [-0.25, -0.2) is 13.2 Å². The van der Waals surface area contributed by atoms with Gasteiger partial charge in [0.15, 0.2) is 11.8 Å². The van der Waals surface area contributed by atoms with E-state index in [0.29, 0.717) is 10.1 Å². The largest absolute Gasteiger partial charge is 0.452 e. The van der Waals surface area contributed by atoms with E-state index in [0.717, 1.165) is 17.4 Å². The number of anilines is 2. The third kappa shape index (κ3) is 4.36. The number of fused-ring (bicyclic) bond motifs is 3. The summed E-state index contributed by atoms with van der Waals surface area (Å²) >= 11 is 1.13. The van der Waals surface area contributed by atoms with E-state index in [-0.39, 0.29) is 29.2 Å². The summed E-state index contributed by atoms with van der Waals surface area (Å²) in [6, 6.07) is 10.3. The van der Waals surface area contributed by atoms with Crippen molar-refractivity contribution in [2.75, 3.05) is 29.1 Å². The Labute approximate surface area is 180 Å². The van der Waals surface area contributed by atoms with Gasteiger partial charge in [0.2, 0.25) is 0 Å². The van der Waals surface area contributed by atoms with Gasteiger partial charge in [-0.15, -0.1) is 4.40 Å². The van der Waals surface area contributed by atoms with Crippen LogP contribution in [0.25, 0.3) is 0 Å². The number of nitro groups is 1. The summed E-state index contributed by atoms with van der Waals surface area (Å²) in [5.74, 6) is -1.58. The first kappa shape index (κ1) is 20.8. The van der Waals surface area contributed by atoms with Crippen LogP contribution in [0, 0.1) is 10.1 Å². The molecule has 0 radical (unpaired) electrons. The number of sulfonamides is 1. The molecule has 13 heteroatoms. The van der Waals surface area contributed by atoms with Gasteiger partial charge >= 0.3 is 5.97 Å². The molecule has 0 spiro atoms. The predicted molar refractivity (Wildman–Crippen MR) is 113 cm³/mol. The van der Waals surface area contributed by atoms with Crippen molar-refractivity contribution in [1.29, 1.82) is 0 Å². The number of benzene rings is 2. The number of thioether (sulfide) groups is 1. The number of rotatable bonds is 5. The first-order valence-electron chi connectivity index (χ1n) is 8.86. The van der Waals surface area contributed by atoms with Gasteiger partial charge in [-0.3, -0.25) is 14.9 Å². The smallest absolute Gasteiger partial charge is 0.338 e. The fraction of sp³-hybridized carbons (Fsp3) is 0.167. The monoisotopic (exact) mass is 462 g/mol.